The molecule has 1 nitrogen and oxygen atoms in total. The van der Waals surface area contributed by atoms with E-state index in [1.54, 1.807) is 6.26 Å². The molecule has 1 aliphatic heterocycles. The highest BCUT2D eigenvalue weighted by Gasteiger charge is 2.28. The maximum atomic E-state index is 5.45. The van der Waals surface area contributed by atoms with Gasteiger partial charge in [0.15, 0.2) is 0 Å². The van der Waals surface area contributed by atoms with E-state index >= 15 is 0 Å². The van der Waals surface area contributed by atoms with Crippen molar-refractivity contribution in [3.8, 4) is 0 Å². The van der Waals surface area contributed by atoms with Gasteiger partial charge in [0.25, 0.3) is 0 Å². The van der Waals surface area contributed by atoms with Gasteiger partial charge in [-0.1, -0.05) is 0 Å². The smallest absolute Gasteiger partial charge is 0.126 e. The summed E-state index contributed by atoms with van der Waals surface area (Å²) in [6, 6.07) is 4.06. The minimum atomic E-state index is 0.523. The lowest BCUT2D eigenvalue weighted by molar-refractivity contribution is 0.528. The number of rotatable bonds is 6. The van der Waals surface area contributed by atoms with Crippen LogP contribution in [0.1, 0.15) is 16.8 Å². The zero-order valence-electron chi connectivity index (χ0n) is 9.00. The molecule has 0 amide bonds. The molecule has 0 bridgehead atoms. The molecular formula is C11H16OS4. The first-order chi connectivity index (χ1) is 7.90. The Bertz CT molecular complexity index is 288. The molecule has 0 spiro atoms. The van der Waals surface area contributed by atoms with Crippen LogP contribution in [0.2, 0.25) is 0 Å². The summed E-state index contributed by atoms with van der Waals surface area (Å²) in [5.41, 5.74) is 0. The minimum absolute atomic E-state index is 0.523. The number of thiol groups is 1. The fourth-order valence-corrected chi connectivity index (χ4v) is 6.17. The quantitative estimate of drug-likeness (QED) is 0.624. The van der Waals surface area contributed by atoms with Gasteiger partial charge in [0, 0.05) is 16.8 Å². The Labute approximate surface area is 115 Å². The average Bonchev–Trinajstić information content (AvgIpc) is 2.94. The first kappa shape index (κ1) is 13.1. The molecular weight excluding hydrogens is 276 g/mol. The number of hydrogen-bond donors (Lipinski definition) is 1. The molecule has 1 aromatic rings. The maximum Gasteiger partial charge on any atom is 0.126 e. The predicted octanol–water partition coefficient (Wildman–Crippen LogP) is 4.18. The molecule has 0 N–H and O–H groups in total. The summed E-state index contributed by atoms with van der Waals surface area (Å²) in [6.45, 7) is 0. The van der Waals surface area contributed by atoms with Crippen molar-refractivity contribution in [3.63, 3.8) is 0 Å². The third kappa shape index (κ3) is 3.86. The van der Waals surface area contributed by atoms with E-state index in [-0.39, 0.29) is 0 Å². The Morgan fingerprint density at radius 1 is 1.50 bits per heavy atom. The Morgan fingerprint density at radius 3 is 3.19 bits per heavy atom. The van der Waals surface area contributed by atoms with Crippen LogP contribution >= 0.6 is 47.9 Å². The van der Waals surface area contributed by atoms with Crippen molar-refractivity contribution >= 4 is 47.9 Å². The van der Waals surface area contributed by atoms with Gasteiger partial charge in [-0.3, -0.25) is 0 Å². The van der Waals surface area contributed by atoms with Gasteiger partial charge in [-0.05, 0) is 30.1 Å². The standard InChI is InChI=1S/C11H16OS4/c13-5-7-14-6-3-9-8-15-11(16-9)10-2-1-4-12-10/h1-2,4,9,11,13H,3,5-8H2. The molecule has 90 valence electrons. The second-order valence-corrected chi connectivity index (χ2v) is 8.08. The monoisotopic (exact) mass is 292 g/mol. The van der Waals surface area contributed by atoms with E-state index in [2.05, 4.69) is 30.5 Å². The molecule has 5 heteroatoms. The van der Waals surface area contributed by atoms with E-state index in [1.165, 1.54) is 23.7 Å². The molecule has 1 fully saturated rings. The summed E-state index contributed by atoms with van der Waals surface area (Å²) in [6.07, 6.45) is 3.08. The van der Waals surface area contributed by atoms with Crippen molar-refractivity contribution in [1.29, 1.82) is 0 Å². The van der Waals surface area contributed by atoms with Crippen LogP contribution in [0.25, 0.3) is 0 Å². The van der Waals surface area contributed by atoms with Gasteiger partial charge in [-0.25, -0.2) is 0 Å². The van der Waals surface area contributed by atoms with Crippen molar-refractivity contribution in [2.24, 2.45) is 0 Å². The van der Waals surface area contributed by atoms with Gasteiger partial charge in [0.05, 0.1) is 6.26 Å². The number of hydrogen-bond acceptors (Lipinski definition) is 5. The van der Waals surface area contributed by atoms with E-state index in [0.29, 0.717) is 4.58 Å². The normalized spacial score (nSPS) is 25.1. The summed E-state index contributed by atoms with van der Waals surface area (Å²) < 4.78 is 5.97. The molecule has 0 radical (unpaired) electrons. The molecule has 0 aromatic carbocycles. The van der Waals surface area contributed by atoms with Crippen molar-refractivity contribution in [2.45, 2.75) is 16.3 Å². The maximum absolute atomic E-state index is 5.45. The van der Waals surface area contributed by atoms with Crippen LogP contribution in [0.3, 0.4) is 0 Å². The highest BCUT2D eigenvalue weighted by Crippen LogP contribution is 2.50. The van der Waals surface area contributed by atoms with Crippen molar-refractivity contribution in [2.75, 3.05) is 23.0 Å². The van der Waals surface area contributed by atoms with Gasteiger partial charge in [-0.15, -0.1) is 23.5 Å². The highest BCUT2D eigenvalue weighted by atomic mass is 32.2. The first-order valence-corrected chi connectivity index (χ1v) is 9.17. The van der Waals surface area contributed by atoms with Crippen LogP contribution < -0.4 is 0 Å². The first-order valence-electron chi connectivity index (χ1n) is 5.39. The predicted molar refractivity (Wildman–Crippen MR) is 81.1 cm³/mol. The zero-order chi connectivity index (χ0) is 11.2. The lowest BCUT2D eigenvalue weighted by Gasteiger charge is -2.08. The van der Waals surface area contributed by atoms with E-state index in [4.69, 9.17) is 4.42 Å². The molecule has 2 unspecified atom stereocenters. The van der Waals surface area contributed by atoms with E-state index in [1.807, 2.05) is 29.6 Å². The van der Waals surface area contributed by atoms with Gasteiger partial charge in [0.1, 0.15) is 10.3 Å². The Morgan fingerprint density at radius 2 is 2.44 bits per heavy atom. The molecule has 1 aliphatic rings. The Kier molecular flexibility index (Phi) is 5.89. The minimum Gasteiger partial charge on any atom is -0.467 e. The summed E-state index contributed by atoms with van der Waals surface area (Å²) in [7, 11) is 0. The lowest BCUT2D eigenvalue weighted by Crippen LogP contribution is -2.02. The topological polar surface area (TPSA) is 13.1 Å². The van der Waals surface area contributed by atoms with E-state index in [0.717, 1.165) is 16.8 Å². The molecule has 2 atom stereocenters. The molecule has 1 saturated heterocycles. The van der Waals surface area contributed by atoms with Gasteiger partial charge in [0.2, 0.25) is 0 Å². The SMILES string of the molecule is SCCSCCC1CSC(c2ccco2)S1. The summed E-state index contributed by atoms with van der Waals surface area (Å²) in [4.78, 5) is 0. The average molecular weight is 293 g/mol. The third-order valence-electron chi connectivity index (χ3n) is 2.34. The molecule has 0 saturated carbocycles. The Hall–Kier alpha value is 0.680. The second kappa shape index (κ2) is 7.19. The van der Waals surface area contributed by atoms with Crippen molar-refractivity contribution in [1.82, 2.24) is 0 Å². The fraction of sp³-hybridized carbons (Fsp3) is 0.636. The summed E-state index contributed by atoms with van der Waals surface area (Å²) >= 11 is 10.3. The molecule has 2 rings (SSSR count). The highest BCUT2D eigenvalue weighted by molar-refractivity contribution is 8.19. The van der Waals surface area contributed by atoms with Crippen LogP contribution in [0, 0.1) is 0 Å². The largest absolute Gasteiger partial charge is 0.467 e. The number of furan rings is 1. The second-order valence-electron chi connectivity index (χ2n) is 3.56. The van der Waals surface area contributed by atoms with Gasteiger partial charge >= 0.3 is 0 Å². The summed E-state index contributed by atoms with van der Waals surface area (Å²) in [5, 5.41) is 0.799. The lowest BCUT2D eigenvalue weighted by atomic mass is 10.4. The van der Waals surface area contributed by atoms with Crippen molar-refractivity contribution in [3.05, 3.63) is 24.2 Å². The fourth-order valence-electron chi connectivity index (χ4n) is 1.56. The van der Waals surface area contributed by atoms with Crippen LogP contribution in [0.5, 0.6) is 0 Å². The van der Waals surface area contributed by atoms with Crippen molar-refractivity contribution < 1.29 is 4.42 Å². The van der Waals surface area contributed by atoms with Gasteiger partial charge in [-0.2, -0.15) is 24.4 Å². The van der Waals surface area contributed by atoms with Crippen LogP contribution in [-0.2, 0) is 0 Å². The van der Waals surface area contributed by atoms with Crippen LogP contribution in [0.4, 0.5) is 0 Å². The Balaban J connectivity index is 1.68. The molecule has 16 heavy (non-hydrogen) atoms. The van der Waals surface area contributed by atoms with E-state index in [9.17, 15) is 0 Å². The van der Waals surface area contributed by atoms with Crippen LogP contribution in [-0.4, -0.2) is 28.3 Å². The van der Waals surface area contributed by atoms with Gasteiger partial charge < -0.3 is 4.42 Å². The van der Waals surface area contributed by atoms with Crippen LogP contribution in [0.15, 0.2) is 22.8 Å². The molecule has 0 aliphatic carbocycles. The van der Waals surface area contributed by atoms with E-state index < -0.39 is 0 Å². The zero-order valence-corrected chi connectivity index (χ0v) is 12.3. The molecule has 2 heterocycles. The molecule has 1 aromatic heterocycles. The summed E-state index contributed by atoms with van der Waals surface area (Å²) in [5.74, 6) is 5.82. The third-order valence-corrected chi connectivity index (χ3v) is 7.24. The number of thioether (sulfide) groups is 3.